The lowest BCUT2D eigenvalue weighted by Crippen LogP contribution is -2.37. The molecule has 0 radical (unpaired) electrons. The van der Waals surface area contributed by atoms with Crippen LogP contribution in [0.4, 0.5) is 5.69 Å². The minimum atomic E-state index is 0.0970. The smallest absolute Gasteiger partial charge is 0.240 e. The molecule has 2 aliphatic rings. The van der Waals surface area contributed by atoms with E-state index in [4.69, 9.17) is 5.73 Å². The molecule has 3 rings (SSSR count). The Morgan fingerprint density at radius 3 is 2.40 bits per heavy atom. The van der Waals surface area contributed by atoms with Crippen molar-refractivity contribution < 1.29 is 4.79 Å². The van der Waals surface area contributed by atoms with Crippen LogP contribution in [0.5, 0.6) is 0 Å². The van der Waals surface area contributed by atoms with Crippen LogP contribution in [0.3, 0.4) is 0 Å². The van der Waals surface area contributed by atoms with E-state index >= 15 is 0 Å². The Kier molecular flexibility index (Phi) is 3.66. The van der Waals surface area contributed by atoms with Gasteiger partial charge >= 0.3 is 0 Å². The summed E-state index contributed by atoms with van der Waals surface area (Å²) in [5, 5.41) is 1.92. The Bertz CT molecular complexity index is 477. The number of nitrogens with two attached hydrogens (primary N) is 1. The number of amides is 1. The molecule has 4 nitrogen and oxygen atoms in total. The topological polar surface area (TPSA) is 58.4 Å². The van der Waals surface area contributed by atoms with E-state index in [1.165, 1.54) is 37.7 Å². The number of anilines is 1. The van der Waals surface area contributed by atoms with E-state index in [0.717, 1.165) is 18.8 Å². The molecule has 1 heterocycles. The maximum Gasteiger partial charge on any atom is 0.240 e. The molecule has 0 aromatic heterocycles. The van der Waals surface area contributed by atoms with Gasteiger partial charge in [0.2, 0.25) is 5.91 Å². The third-order valence-corrected chi connectivity index (χ3v) is 4.81. The quantitative estimate of drug-likeness (QED) is 0.886. The maximum absolute atomic E-state index is 11.3. The van der Waals surface area contributed by atoms with Gasteiger partial charge in [0.15, 0.2) is 0 Å². The zero-order valence-corrected chi connectivity index (χ0v) is 11.9. The summed E-state index contributed by atoms with van der Waals surface area (Å²) >= 11 is 0. The molecule has 1 aromatic carbocycles. The van der Waals surface area contributed by atoms with E-state index in [1.54, 1.807) is 0 Å². The molecule has 20 heavy (non-hydrogen) atoms. The summed E-state index contributed by atoms with van der Waals surface area (Å²) in [5.74, 6) is 0.0970. The van der Waals surface area contributed by atoms with Gasteiger partial charge in [-0.05, 0) is 30.5 Å². The monoisotopic (exact) mass is 273 g/mol. The summed E-state index contributed by atoms with van der Waals surface area (Å²) in [4.78, 5) is 11.3. The van der Waals surface area contributed by atoms with E-state index in [2.05, 4.69) is 29.7 Å². The molecule has 108 valence electrons. The van der Waals surface area contributed by atoms with Gasteiger partial charge in [-0.2, -0.15) is 0 Å². The van der Waals surface area contributed by atoms with Gasteiger partial charge in [-0.15, -0.1) is 0 Å². The van der Waals surface area contributed by atoms with Gasteiger partial charge in [0.25, 0.3) is 0 Å². The third kappa shape index (κ3) is 2.40. The number of carbonyl (C=O) groups excluding carboxylic acids is 1. The van der Waals surface area contributed by atoms with Crippen molar-refractivity contribution in [1.29, 1.82) is 0 Å². The maximum atomic E-state index is 11.3. The Balaban J connectivity index is 1.79. The highest BCUT2D eigenvalue weighted by Gasteiger charge is 2.32. The molecule has 0 atom stereocenters. The van der Waals surface area contributed by atoms with Gasteiger partial charge in [0.1, 0.15) is 0 Å². The van der Waals surface area contributed by atoms with Crippen molar-refractivity contribution in [3.63, 3.8) is 0 Å². The molecule has 4 heteroatoms. The first-order valence-corrected chi connectivity index (χ1v) is 7.61. The summed E-state index contributed by atoms with van der Waals surface area (Å²) in [5.41, 5.74) is 11.5. The SMILES string of the molecule is NCC1(c2ccc(N3CCC(=O)N3)cc2)CCCCC1. The van der Waals surface area contributed by atoms with Gasteiger partial charge in [-0.25, -0.2) is 0 Å². The number of hydrazine groups is 1. The molecule has 0 unspecified atom stereocenters. The van der Waals surface area contributed by atoms with Crippen LogP contribution in [0.25, 0.3) is 0 Å². The number of nitrogens with zero attached hydrogens (tertiary/aromatic N) is 1. The van der Waals surface area contributed by atoms with Gasteiger partial charge in [-0.1, -0.05) is 31.4 Å². The molecule has 1 saturated carbocycles. The van der Waals surface area contributed by atoms with E-state index in [1.807, 2.05) is 5.01 Å². The van der Waals surface area contributed by atoms with Crippen LogP contribution in [-0.4, -0.2) is 19.0 Å². The van der Waals surface area contributed by atoms with Crippen molar-refractivity contribution in [1.82, 2.24) is 5.43 Å². The van der Waals surface area contributed by atoms with Crippen molar-refractivity contribution in [3.8, 4) is 0 Å². The van der Waals surface area contributed by atoms with Crippen LogP contribution in [0.2, 0.25) is 0 Å². The Hall–Kier alpha value is -1.55. The van der Waals surface area contributed by atoms with Crippen LogP contribution in [0.15, 0.2) is 24.3 Å². The third-order valence-electron chi connectivity index (χ3n) is 4.81. The van der Waals surface area contributed by atoms with Crippen molar-refractivity contribution in [2.75, 3.05) is 18.1 Å². The first-order chi connectivity index (χ1) is 9.73. The van der Waals surface area contributed by atoms with Gasteiger partial charge in [0.05, 0.1) is 5.69 Å². The highest BCUT2D eigenvalue weighted by Crippen LogP contribution is 2.39. The summed E-state index contributed by atoms with van der Waals surface area (Å²) < 4.78 is 0. The van der Waals surface area contributed by atoms with Gasteiger partial charge in [0, 0.05) is 24.9 Å². The Morgan fingerprint density at radius 2 is 1.85 bits per heavy atom. The standard InChI is InChI=1S/C16H23N3O/c17-12-16(9-2-1-3-10-16)13-4-6-14(7-5-13)19-11-8-15(20)18-19/h4-7H,1-3,8-12,17H2,(H,18,20). The first kappa shape index (κ1) is 13.4. The van der Waals surface area contributed by atoms with Crippen LogP contribution >= 0.6 is 0 Å². The van der Waals surface area contributed by atoms with E-state index < -0.39 is 0 Å². The number of benzene rings is 1. The minimum absolute atomic E-state index is 0.0970. The molecule has 1 saturated heterocycles. The summed E-state index contributed by atoms with van der Waals surface area (Å²) in [6.07, 6.45) is 6.86. The second-order valence-corrected chi connectivity index (χ2v) is 6.03. The zero-order chi connectivity index (χ0) is 14.0. The molecular weight excluding hydrogens is 250 g/mol. The predicted molar refractivity (Wildman–Crippen MR) is 80.4 cm³/mol. The molecule has 1 amide bonds. The number of carbonyl (C=O) groups is 1. The lowest BCUT2D eigenvalue weighted by atomic mass is 9.69. The van der Waals surface area contributed by atoms with Gasteiger partial charge in [-0.3, -0.25) is 15.2 Å². The molecule has 0 spiro atoms. The summed E-state index contributed by atoms with van der Waals surface area (Å²) in [6, 6.07) is 8.59. The molecule has 0 bridgehead atoms. The molecule has 2 fully saturated rings. The van der Waals surface area contributed by atoms with Crippen molar-refractivity contribution >= 4 is 11.6 Å². The number of rotatable bonds is 3. The second kappa shape index (κ2) is 5.44. The summed E-state index contributed by atoms with van der Waals surface area (Å²) in [6.45, 7) is 1.48. The average Bonchev–Trinajstić information content (AvgIpc) is 2.95. The summed E-state index contributed by atoms with van der Waals surface area (Å²) in [7, 11) is 0. The van der Waals surface area contributed by atoms with E-state index in [-0.39, 0.29) is 11.3 Å². The zero-order valence-electron chi connectivity index (χ0n) is 11.9. The van der Waals surface area contributed by atoms with Crippen molar-refractivity contribution in [2.24, 2.45) is 5.73 Å². The van der Waals surface area contributed by atoms with Crippen LogP contribution in [-0.2, 0) is 10.2 Å². The molecule has 1 aliphatic heterocycles. The fraction of sp³-hybridized carbons (Fsp3) is 0.562. The lowest BCUT2D eigenvalue weighted by molar-refractivity contribution is -0.119. The Labute approximate surface area is 120 Å². The highest BCUT2D eigenvalue weighted by molar-refractivity contribution is 5.81. The highest BCUT2D eigenvalue weighted by atomic mass is 16.2. The molecule has 3 N–H and O–H groups in total. The van der Waals surface area contributed by atoms with Crippen LogP contribution in [0, 0.1) is 0 Å². The van der Waals surface area contributed by atoms with Gasteiger partial charge < -0.3 is 5.73 Å². The van der Waals surface area contributed by atoms with E-state index in [0.29, 0.717) is 6.42 Å². The average molecular weight is 273 g/mol. The van der Waals surface area contributed by atoms with Crippen LogP contribution in [0.1, 0.15) is 44.1 Å². The van der Waals surface area contributed by atoms with Crippen LogP contribution < -0.4 is 16.2 Å². The lowest BCUT2D eigenvalue weighted by Gasteiger charge is -2.37. The molecular formula is C16H23N3O. The predicted octanol–water partition coefficient (Wildman–Crippen LogP) is 2.09. The molecule has 1 aromatic rings. The van der Waals surface area contributed by atoms with E-state index in [9.17, 15) is 4.79 Å². The number of nitrogens with one attached hydrogen (secondary N) is 1. The van der Waals surface area contributed by atoms with Crippen molar-refractivity contribution in [2.45, 2.75) is 43.9 Å². The largest absolute Gasteiger partial charge is 0.330 e. The molecule has 1 aliphatic carbocycles. The normalized spacial score (nSPS) is 21.9. The number of hydrogen-bond acceptors (Lipinski definition) is 3. The fourth-order valence-electron chi connectivity index (χ4n) is 3.50. The Morgan fingerprint density at radius 1 is 1.15 bits per heavy atom. The van der Waals surface area contributed by atoms with Crippen molar-refractivity contribution in [3.05, 3.63) is 29.8 Å². The minimum Gasteiger partial charge on any atom is -0.330 e. The second-order valence-electron chi connectivity index (χ2n) is 6.03. The first-order valence-electron chi connectivity index (χ1n) is 7.61. The number of hydrogen-bond donors (Lipinski definition) is 2. The fourth-order valence-corrected chi connectivity index (χ4v) is 3.50.